The van der Waals surface area contributed by atoms with Gasteiger partial charge < -0.3 is 16.2 Å². The number of hydrogen-bond acceptors (Lipinski definition) is 6. The first-order chi connectivity index (χ1) is 15.5. The molecule has 0 aliphatic carbocycles. The van der Waals surface area contributed by atoms with E-state index in [2.05, 4.69) is 27.9 Å². The third kappa shape index (κ3) is 5.64. The van der Waals surface area contributed by atoms with E-state index in [9.17, 15) is 23.1 Å². The molecule has 0 saturated heterocycles. The number of anilines is 2. The summed E-state index contributed by atoms with van der Waals surface area (Å²) < 4.78 is 39.2. The lowest BCUT2D eigenvalue weighted by Gasteiger charge is -2.15. The Bertz CT molecular complexity index is 1270. The summed E-state index contributed by atoms with van der Waals surface area (Å²) in [6.45, 7) is 3.48. The van der Waals surface area contributed by atoms with Crippen LogP contribution < -0.4 is 11.1 Å². The molecule has 0 spiro atoms. The van der Waals surface area contributed by atoms with Crippen molar-refractivity contribution in [1.82, 2.24) is 4.98 Å². The molecule has 10 heteroatoms. The van der Waals surface area contributed by atoms with E-state index in [0.717, 1.165) is 6.08 Å². The second kappa shape index (κ2) is 9.53. The number of halogens is 3. The molecular formula is C23H21F3N4O2S. The predicted octanol–water partition coefficient (Wildman–Crippen LogP) is 5.57. The van der Waals surface area contributed by atoms with Crippen molar-refractivity contribution in [3.05, 3.63) is 71.6 Å². The highest BCUT2D eigenvalue weighted by atomic mass is 32.1. The first kappa shape index (κ1) is 24.1. The summed E-state index contributed by atoms with van der Waals surface area (Å²) in [7, 11) is 0. The van der Waals surface area contributed by atoms with E-state index in [4.69, 9.17) is 5.73 Å². The quantitative estimate of drug-likeness (QED) is 0.277. The summed E-state index contributed by atoms with van der Waals surface area (Å²) in [5.74, 6) is -1.11. The summed E-state index contributed by atoms with van der Waals surface area (Å²) in [6, 6.07) is 10.9. The van der Waals surface area contributed by atoms with Crippen LogP contribution in [0.3, 0.4) is 0 Å². The van der Waals surface area contributed by atoms with Gasteiger partial charge in [0.15, 0.2) is 0 Å². The minimum absolute atomic E-state index is 0.0503. The van der Waals surface area contributed by atoms with Crippen molar-refractivity contribution >= 4 is 46.6 Å². The Morgan fingerprint density at radius 3 is 2.58 bits per heavy atom. The van der Waals surface area contributed by atoms with Crippen molar-refractivity contribution in [3.63, 3.8) is 0 Å². The van der Waals surface area contributed by atoms with E-state index in [-0.39, 0.29) is 17.3 Å². The number of alkyl halides is 3. The van der Waals surface area contributed by atoms with Gasteiger partial charge >= 0.3 is 12.1 Å². The SMILES string of the molecule is CC(C)N=C(C=C(N)C(F)(F)F)c1ccc2ncc(S)c(Nc3ccccc3C(=O)O)c2c1. The third-order valence-electron chi connectivity index (χ3n) is 4.58. The van der Waals surface area contributed by atoms with Crippen molar-refractivity contribution in [3.8, 4) is 0 Å². The Kier molecular flexibility index (Phi) is 6.97. The predicted molar refractivity (Wildman–Crippen MR) is 126 cm³/mol. The second-order valence-electron chi connectivity index (χ2n) is 7.43. The summed E-state index contributed by atoms with van der Waals surface area (Å²) in [4.78, 5) is 20.6. The molecule has 0 unspecified atom stereocenters. The first-order valence-electron chi connectivity index (χ1n) is 9.81. The highest BCUT2D eigenvalue weighted by Crippen LogP contribution is 2.33. The zero-order chi connectivity index (χ0) is 24.3. The van der Waals surface area contributed by atoms with E-state index in [1.54, 1.807) is 50.2 Å². The van der Waals surface area contributed by atoms with Crippen LogP contribution >= 0.6 is 12.6 Å². The Hall–Kier alpha value is -3.53. The molecule has 172 valence electrons. The lowest BCUT2D eigenvalue weighted by Crippen LogP contribution is -2.21. The van der Waals surface area contributed by atoms with Gasteiger partial charge in [0.05, 0.1) is 28.2 Å². The summed E-state index contributed by atoms with van der Waals surface area (Å²) in [5.41, 5.74) is 5.79. The number of nitrogens with one attached hydrogen (secondary N) is 1. The number of aromatic carboxylic acids is 1. The van der Waals surface area contributed by atoms with Crippen molar-refractivity contribution in [2.75, 3.05) is 5.32 Å². The molecule has 3 aromatic rings. The Labute approximate surface area is 193 Å². The summed E-state index contributed by atoms with van der Waals surface area (Å²) in [5, 5.41) is 13.1. The van der Waals surface area contributed by atoms with Gasteiger partial charge in [0, 0.05) is 28.1 Å². The zero-order valence-corrected chi connectivity index (χ0v) is 18.6. The Balaban J connectivity index is 2.19. The zero-order valence-electron chi connectivity index (χ0n) is 17.7. The number of carboxylic acids is 1. The van der Waals surface area contributed by atoms with Gasteiger partial charge in [0.2, 0.25) is 0 Å². The van der Waals surface area contributed by atoms with Crippen LogP contribution in [0.5, 0.6) is 0 Å². The summed E-state index contributed by atoms with van der Waals surface area (Å²) in [6.07, 6.45) is -2.39. The number of benzene rings is 2. The van der Waals surface area contributed by atoms with Crippen LogP contribution in [-0.4, -0.2) is 34.0 Å². The number of carbonyl (C=O) groups is 1. The number of para-hydroxylation sites is 1. The minimum Gasteiger partial charge on any atom is -0.478 e. The molecule has 6 nitrogen and oxygen atoms in total. The van der Waals surface area contributed by atoms with Gasteiger partial charge in [-0.15, -0.1) is 12.6 Å². The number of pyridine rings is 1. The maximum Gasteiger partial charge on any atom is 0.430 e. The molecule has 0 bridgehead atoms. The van der Waals surface area contributed by atoms with Gasteiger partial charge in [-0.25, -0.2) is 4.79 Å². The van der Waals surface area contributed by atoms with Crippen molar-refractivity contribution in [2.24, 2.45) is 10.7 Å². The molecule has 3 rings (SSSR count). The number of fused-ring (bicyclic) bond motifs is 1. The molecule has 0 amide bonds. The van der Waals surface area contributed by atoms with E-state index in [1.165, 1.54) is 12.3 Å². The van der Waals surface area contributed by atoms with Crippen LogP contribution in [0.25, 0.3) is 10.9 Å². The largest absolute Gasteiger partial charge is 0.478 e. The molecule has 0 atom stereocenters. The van der Waals surface area contributed by atoms with Crippen LogP contribution in [0.1, 0.15) is 29.8 Å². The van der Waals surface area contributed by atoms with Gasteiger partial charge in [-0.05, 0) is 44.2 Å². The van der Waals surface area contributed by atoms with Crippen molar-refractivity contribution in [1.29, 1.82) is 0 Å². The molecule has 0 fully saturated rings. The average molecular weight is 475 g/mol. The topological polar surface area (TPSA) is 101 Å². The van der Waals surface area contributed by atoms with Crippen LogP contribution in [0.15, 0.2) is 70.3 Å². The molecule has 0 aliphatic rings. The normalized spacial score (nSPS) is 12.9. The smallest absolute Gasteiger partial charge is 0.430 e. The molecule has 4 N–H and O–H groups in total. The van der Waals surface area contributed by atoms with E-state index >= 15 is 0 Å². The highest BCUT2D eigenvalue weighted by molar-refractivity contribution is 7.80. The van der Waals surface area contributed by atoms with Crippen LogP contribution in [0, 0.1) is 0 Å². The number of nitrogens with two attached hydrogens (primary N) is 1. The number of rotatable bonds is 6. The minimum atomic E-state index is -4.69. The molecule has 0 radical (unpaired) electrons. The Morgan fingerprint density at radius 1 is 1.24 bits per heavy atom. The average Bonchev–Trinajstić information content (AvgIpc) is 2.74. The molecule has 1 heterocycles. The number of hydrogen-bond donors (Lipinski definition) is 4. The molecule has 0 aliphatic heterocycles. The standard InChI is InChI=1S/C23H21F3N4O2S/c1-12(2)29-18(10-20(27)23(24,25)26)13-7-8-16-15(9-13)21(19(33)11-28-16)30-17-6-4-3-5-14(17)22(31)32/h3-12,33H,27H2,1-2H3,(H,28,30)(H,31,32). The maximum absolute atomic E-state index is 13.1. The molecule has 0 saturated carbocycles. The first-order valence-corrected chi connectivity index (χ1v) is 10.3. The van der Waals surface area contributed by atoms with Crippen molar-refractivity contribution in [2.45, 2.75) is 31.0 Å². The van der Waals surface area contributed by atoms with E-state index in [1.807, 2.05) is 0 Å². The van der Waals surface area contributed by atoms with Crippen LogP contribution in [-0.2, 0) is 0 Å². The number of aromatic nitrogens is 1. The molecule has 33 heavy (non-hydrogen) atoms. The molecule has 2 aromatic carbocycles. The van der Waals surface area contributed by atoms with Gasteiger partial charge in [-0.3, -0.25) is 9.98 Å². The lowest BCUT2D eigenvalue weighted by molar-refractivity contribution is -0.0925. The highest BCUT2D eigenvalue weighted by Gasteiger charge is 2.31. The van der Waals surface area contributed by atoms with Gasteiger partial charge in [0.1, 0.15) is 5.70 Å². The second-order valence-corrected chi connectivity index (χ2v) is 7.91. The van der Waals surface area contributed by atoms with Gasteiger partial charge in [0.25, 0.3) is 0 Å². The van der Waals surface area contributed by atoms with E-state index in [0.29, 0.717) is 32.7 Å². The summed E-state index contributed by atoms with van der Waals surface area (Å²) >= 11 is 4.44. The maximum atomic E-state index is 13.1. The van der Waals surface area contributed by atoms with Crippen LogP contribution in [0.2, 0.25) is 0 Å². The number of carboxylic acid groups (broad SMARTS) is 1. The van der Waals surface area contributed by atoms with Crippen molar-refractivity contribution < 1.29 is 23.1 Å². The Morgan fingerprint density at radius 2 is 1.94 bits per heavy atom. The number of nitrogens with zero attached hydrogens (tertiary/aromatic N) is 2. The third-order valence-corrected chi connectivity index (χ3v) is 4.92. The van der Waals surface area contributed by atoms with E-state index < -0.39 is 17.8 Å². The fraction of sp³-hybridized carbons (Fsp3) is 0.174. The fourth-order valence-corrected chi connectivity index (χ4v) is 3.32. The number of aliphatic imine (C=N–C) groups is 1. The molecule has 1 aromatic heterocycles. The lowest BCUT2D eigenvalue weighted by atomic mass is 10.0. The number of allylic oxidation sites excluding steroid dienone is 2. The van der Waals surface area contributed by atoms with Gasteiger partial charge in [-0.1, -0.05) is 18.2 Å². The monoisotopic (exact) mass is 474 g/mol. The molecular weight excluding hydrogens is 453 g/mol. The van der Waals surface area contributed by atoms with Crippen LogP contribution in [0.4, 0.5) is 24.5 Å². The number of thiol groups is 1. The fourth-order valence-electron chi connectivity index (χ4n) is 3.09. The van der Waals surface area contributed by atoms with Gasteiger partial charge in [-0.2, -0.15) is 13.2 Å².